The Morgan fingerprint density at radius 1 is 0.320 bits per heavy atom. The molecule has 4 rings (SSSR count). The summed E-state index contributed by atoms with van der Waals surface area (Å²) in [6.45, 7) is 0. The predicted molar refractivity (Wildman–Crippen MR) is 105 cm³/mol. The monoisotopic (exact) mass is 457 g/mol. The van der Waals surface area contributed by atoms with E-state index in [-0.39, 0.29) is 0 Å². The van der Waals surface area contributed by atoms with Crippen LogP contribution >= 0.6 is 0 Å². The Morgan fingerprint density at radius 3 is 1.00 bits per heavy atom. The van der Waals surface area contributed by atoms with E-state index in [1.165, 1.54) is 20.7 Å². The van der Waals surface area contributed by atoms with Crippen LogP contribution in [0.2, 0.25) is 0 Å². The molecule has 0 atom stereocenters. The molecule has 0 aromatic carbocycles. The van der Waals surface area contributed by atoms with Gasteiger partial charge in [0.05, 0.1) is 0 Å². The standard InChI is InChI=1S/C24H42I/c1-3-7-19(8-4-1)21-11-15-23(16-12-21)25-24-17-13-22(14-18-24)20-9-5-2-6-10-20/h19-24H,1-18H2/q+1. The minimum absolute atomic E-state index is 0.506. The minimum atomic E-state index is 0.506. The normalized spacial score (nSPS) is 39.4. The third-order valence-corrected chi connectivity index (χ3v) is 12.9. The highest BCUT2D eigenvalue weighted by molar-refractivity contribution is 4.82. The summed E-state index contributed by atoms with van der Waals surface area (Å²) in [7, 11) is 0. The van der Waals surface area contributed by atoms with E-state index in [2.05, 4.69) is 0 Å². The molecule has 25 heavy (non-hydrogen) atoms. The lowest BCUT2D eigenvalue weighted by Gasteiger charge is -2.35. The van der Waals surface area contributed by atoms with Gasteiger partial charge in [-0.2, -0.15) is 0 Å². The van der Waals surface area contributed by atoms with E-state index < -0.39 is 0 Å². The van der Waals surface area contributed by atoms with Crippen molar-refractivity contribution in [2.24, 2.45) is 23.7 Å². The zero-order valence-electron chi connectivity index (χ0n) is 16.6. The predicted octanol–water partition coefficient (Wildman–Crippen LogP) is 4.35. The molecule has 0 unspecified atom stereocenters. The van der Waals surface area contributed by atoms with Crippen molar-refractivity contribution in [3.8, 4) is 0 Å². The van der Waals surface area contributed by atoms with Gasteiger partial charge in [-0.25, -0.2) is 0 Å². The summed E-state index contributed by atoms with van der Waals surface area (Å²) >= 11 is 0.506. The maximum absolute atomic E-state index is 1.64. The van der Waals surface area contributed by atoms with Crippen LogP contribution < -0.4 is 21.2 Å². The molecule has 0 aliphatic heterocycles. The molecule has 1 heteroatoms. The van der Waals surface area contributed by atoms with Crippen LogP contribution in [0.15, 0.2) is 0 Å². The molecule has 0 N–H and O–H groups in total. The molecule has 144 valence electrons. The van der Waals surface area contributed by atoms with Gasteiger partial charge in [0.25, 0.3) is 21.2 Å². The highest BCUT2D eigenvalue weighted by Gasteiger charge is 2.40. The highest BCUT2D eigenvalue weighted by atomic mass is 127. The highest BCUT2D eigenvalue weighted by Crippen LogP contribution is 2.39. The van der Waals surface area contributed by atoms with Crippen molar-refractivity contribution in [1.29, 1.82) is 0 Å². The molecule has 0 heterocycles. The first kappa shape index (κ1) is 19.1. The summed E-state index contributed by atoms with van der Waals surface area (Å²) < 4.78 is 2.43. The maximum atomic E-state index is 1.64. The van der Waals surface area contributed by atoms with Gasteiger partial charge in [0.1, 0.15) is 0 Å². The second-order valence-corrected chi connectivity index (χ2v) is 14.2. The smallest absolute Gasteiger partial charge is 0.0533 e. The average molecular weight is 458 g/mol. The summed E-state index contributed by atoms with van der Waals surface area (Å²) in [5.41, 5.74) is 0. The molecule has 4 aliphatic carbocycles. The third kappa shape index (κ3) is 5.38. The van der Waals surface area contributed by atoms with Crippen LogP contribution in [-0.2, 0) is 0 Å². The minimum Gasteiger partial charge on any atom is -0.0533 e. The number of alkyl halides is 2. The van der Waals surface area contributed by atoms with E-state index >= 15 is 0 Å². The molecule has 4 saturated carbocycles. The van der Waals surface area contributed by atoms with Gasteiger partial charge in [-0.1, -0.05) is 64.2 Å². The molecule has 0 aromatic rings. The van der Waals surface area contributed by atoms with Gasteiger partial charge in [-0.05, 0) is 75.0 Å². The molecule has 0 saturated heterocycles. The zero-order chi connectivity index (χ0) is 16.9. The Bertz CT molecular complexity index is 328. The summed E-state index contributed by atoms with van der Waals surface area (Å²) in [5.74, 6) is 4.56. The Morgan fingerprint density at radius 2 is 0.640 bits per heavy atom. The van der Waals surface area contributed by atoms with Crippen LogP contribution in [0.25, 0.3) is 0 Å². The lowest BCUT2D eigenvalue weighted by Crippen LogP contribution is -3.68. The van der Waals surface area contributed by atoms with Crippen LogP contribution in [0, 0.1) is 23.7 Å². The first-order chi connectivity index (χ1) is 12.4. The maximum Gasteiger partial charge on any atom is 0.275 e. The number of hydrogen-bond acceptors (Lipinski definition) is 0. The van der Waals surface area contributed by atoms with E-state index in [1.807, 2.05) is 0 Å². The van der Waals surface area contributed by atoms with Crippen LogP contribution in [-0.4, -0.2) is 7.85 Å². The van der Waals surface area contributed by atoms with E-state index in [0.717, 1.165) is 23.7 Å². The fraction of sp³-hybridized carbons (Fsp3) is 1.00. The van der Waals surface area contributed by atoms with Gasteiger partial charge in [0.2, 0.25) is 0 Å². The van der Waals surface area contributed by atoms with Crippen molar-refractivity contribution in [3.05, 3.63) is 0 Å². The lowest BCUT2D eigenvalue weighted by atomic mass is 9.73. The third-order valence-electron chi connectivity index (χ3n) is 8.39. The van der Waals surface area contributed by atoms with Gasteiger partial charge in [0.15, 0.2) is 7.85 Å². The van der Waals surface area contributed by atoms with Crippen molar-refractivity contribution in [1.82, 2.24) is 0 Å². The molecule has 0 bridgehead atoms. The fourth-order valence-electron chi connectivity index (χ4n) is 6.81. The van der Waals surface area contributed by atoms with Gasteiger partial charge >= 0.3 is 0 Å². The summed E-state index contributed by atoms with van der Waals surface area (Å²) in [6, 6.07) is 0. The molecule has 0 spiro atoms. The molecular formula is C24H42I+. The Hall–Kier alpha value is 0.730. The topological polar surface area (TPSA) is 0 Å². The molecule has 4 aliphatic rings. The number of halogens is 1. The zero-order valence-corrected chi connectivity index (χ0v) is 18.7. The van der Waals surface area contributed by atoms with Gasteiger partial charge in [-0.3, -0.25) is 0 Å². The lowest BCUT2D eigenvalue weighted by molar-refractivity contribution is -0.726. The Kier molecular flexibility index (Phi) is 7.46. The molecule has 4 fully saturated rings. The Balaban J connectivity index is 1.14. The molecule has 0 nitrogen and oxygen atoms in total. The molecule has 0 amide bonds. The first-order valence-electron chi connectivity index (χ1n) is 12.0. The van der Waals surface area contributed by atoms with Gasteiger partial charge < -0.3 is 0 Å². The van der Waals surface area contributed by atoms with E-state index in [9.17, 15) is 0 Å². The van der Waals surface area contributed by atoms with Crippen molar-refractivity contribution in [2.75, 3.05) is 0 Å². The quantitative estimate of drug-likeness (QED) is 0.435. The summed E-state index contributed by atoms with van der Waals surface area (Å²) in [5, 5.41) is 0. The largest absolute Gasteiger partial charge is 0.275 e. The van der Waals surface area contributed by atoms with Crippen molar-refractivity contribution >= 4 is 0 Å². The first-order valence-corrected chi connectivity index (χ1v) is 14.5. The Labute approximate surface area is 167 Å². The van der Waals surface area contributed by atoms with Crippen molar-refractivity contribution in [2.45, 2.75) is 123 Å². The average Bonchev–Trinajstić information content (AvgIpc) is 2.71. The van der Waals surface area contributed by atoms with Crippen LogP contribution in [0.5, 0.6) is 0 Å². The molecule has 0 radical (unpaired) electrons. The second kappa shape index (κ2) is 9.78. The molecular weight excluding hydrogens is 415 g/mol. The second-order valence-electron chi connectivity index (χ2n) is 9.95. The van der Waals surface area contributed by atoms with Gasteiger partial charge in [0, 0.05) is 0 Å². The molecule has 0 aromatic heterocycles. The fourth-order valence-corrected chi connectivity index (χ4v) is 11.1. The van der Waals surface area contributed by atoms with Crippen LogP contribution in [0.4, 0.5) is 0 Å². The van der Waals surface area contributed by atoms with E-state index in [4.69, 9.17) is 0 Å². The van der Waals surface area contributed by atoms with Crippen LogP contribution in [0.3, 0.4) is 0 Å². The summed E-state index contributed by atoms with van der Waals surface area (Å²) in [6.07, 6.45) is 28.6. The van der Waals surface area contributed by atoms with Crippen LogP contribution in [0.1, 0.15) is 116 Å². The van der Waals surface area contributed by atoms with Crippen molar-refractivity contribution < 1.29 is 21.2 Å². The van der Waals surface area contributed by atoms with Crippen molar-refractivity contribution in [3.63, 3.8) is 0 Å². The summed E-state index contributed by atoms with van der Waals surface area (Å²) in [4.78, 5) is 0. The van der Waals surface area contributed by atoms with E-state index in [0.29, 0.717) is 21.2 Å². The number of hydrogen-bond donors (Lipinski definition) is 0. The SMILES string of the molecule is C1CCC(C2CCC([I+]C3CCC(C4CCCCC4)CC3)CC2)CC1. The van der Waals surface area contributed by atoms with E-state index in [1.54, 1.807) is 103 Å². The number of rotatable bonds is 4. The van der Waals surface area contributed by atoms with Gasteiger partial charge in [-0.15, -0.1) is 0 Å².